The Morgan fingerprint density at radius 3 is 2.80 bits per heavy atom. The number of nitrogens with zero attached hydrogens (tertiary/aromatic N) is 2. The van der Waals surface area contributed by atoms with E-state index in [0.717, 1.165) is 5.57 Å². The molecule has 0 aliphatic rings. The number of allylic oxidation sites excluding steroid dienone is 4. The molecule has 0 amide bonds. The van der Waals surface area contributed by atoms with E-state index in [1.165, 1.54) is 6.21 Å². The number of aliphatic imine (C=N–C) groups is 1. The summed E-state index contributed by atoms with van der Waals surface area (Å²) in [5.41, 5.74) is 1.16. The topological polar surface area (TPSA) is 36.1 Å². The van der Waals surface area contributed by atoms with E-state index in [9.17, 15) is 0 Å². The predicted molar refractivity (Wildman–Crippen MR) is 42.7 cm³/mol. The van der Waals surface area contributed by atoms with Crippen LogP contribution in [0.3, 0.4) is 0 Å². The maximum Gasteiger partial charge on any atom is 0.205 e. The van der Waals surface area contributed by atoms with Gasteiger partial charge < -0.3 is 0 Å². The van der Waals surface area contributed by atoms with Gasteiger partial charge in [0, 0.05) is 6.21 Å². The molecule has 0 radical (unpaired) electrons. The van der Waals surface area contributed by atoms with Crippen LogP contribution in [0.1, 0.15) is 13.8 Å². The van der Waals surface area contributed by atoms with Gasteiger partial charge in [-0.15, -0.1) is 0 Å². The molecule has 52 valence electrons. The molecule has 0 aromatic rings. The third kappa shape index (κ3) is 4.79. The molecule has 0 bridgehead atoms. The van der Waals surface area contributed by atoms with Crippen molar-refractivity contribution in [3.8, 4) is 6.19 Å². The summed E-state index contributed by atoms with van der Waals surface area (Å²) in [5.74, 6) is 0. The summed E-state index contributed by atoms with van der Waals surface area (Å²) in [6, 6.07) is 0. The van der Waals surface area contributed by atoms with Crippen molar-refractivity contribution in [3.63, 3.8) is 0 Å². The van der Waals surface area contributed by atoms with Crippen molar-refractivity contribution in [1.29, 1.82) is 5.26 Å². The number of nitriles is 1. The Kier molecular flexibility index (Phi) is 4.99. The zero-order valence-electron chi connectivity index (χ0n) is 6.20. The fourth-order valence-electron chi connectivity index (χ4n) is 0.367. The van der Waals surface area contributed by atoms with Crippen molar-refractivity contribution >= 4 is 6.21 Å². The SMILES string of the molecule is C/C=C(C)/C=C\C=NC#N. The van der Waals surface area contributed by atoms with E-state index in [0.29, 0.717) is 0 Å². The standard InChI is InChI=1S/C8H10N2/c1-3-8(2)5-4-6-10-7-9/h3-6H,1-2H3/b5-4-,8-3+,10-6?. The van der Waals surface area contributed by atoms with Gasteiger partial charge in [-0.25, -0.2) is 0 Å². The summed E-state index contributed by atoms with van der Waals surface area (Å²) in [6.45, 7) is 3.94. The van der Waals surface area contributed by atoms with Gasteiger partial charge in [0.2, 0.25) is 6.19 Å². The molecule has 0 unspecified atom stereocenters. The quantitative estimate of drug-likeness (QED) is 0.323. The second-order valence-corrected chi connectivity index (χ2v) is 1.77. The van der Waals surface area contributed by atoms with Gasteiger partial charge in [0.1, 0.15) is 0 Å². The van der Waals surface area contributed by atoms with E-state index in [2.05, 4.69) is 4.99 Å². The number of rotatable bonds is 2. The molecule has 0 aliphatic carbocycles. The Hall–Kier alpha value is -1.36. The molecule has 0 rings (SSSR count). The van der Waals surface area contributed by atoms with Crippen LogP contribution >= 0.6 is 0 Å². The van der Waals surface area contributed by atoms with E-state index < -0.39 is 0 Å². The molecule has 0 aliphatic heterocycles. The second kappa shape index (κ2) is 5.77. The zero-order chi connectivity index (χ0) is 7.82. The molecule has 0 N–H and O–H groups in total. The molecule has 0 aromatic heterocycles. The van der Waals surface area contributed by atoms with Crippen molar-refractivity contribution in [2.75, 3.05) is 0 Å². The molecule has 0 saturated carbocycles. The predicted octanol–water partition coefficient (Wildman–Crippen LogP) is 2.06. The maximum atomic E-state index is 7.99. The summed E-state index contributed by atoms with van der Waals surface area (Å²) in [4.78, 5) is 3.34. The maximum absolute atomic E-state index is 7.99. The first-order valence-corrected chi connectivity index (χ1v) is 3.03. The molecule has 0 saturated heterocycles. The molecular weight excluding hydrogens is 124 g/mol. The van der Waals surface area contributed by atoms with Gasteiger partial charge in [0.05, 0.1) is 0 Å². The highest BCUT2D eigenvalue weighted by atomic mass is 14.7. The van der Waals surface area contributed by atoms with Gasteiger partial charge in [-0.05, 0) is 19.9 Å². The number of hydrogen-bond donors (Lipinski definition) is 0. The lowest BCUT2D eigenvalue weighted by molar-refractivity contribution is 1.45. The van der Waals surface area contributed by atoms with Crippen molar-refractivity contribution < 1.29 is 0 Å². The average Bonchev–Trinajstić information content (AvgIpc) is 1.98. The lowest BCUT2D eigenvalue weighted by atomic mass is 10.3. The van der Waals surface area contributed by atoms with Crippen LogP contribution in [0.4, 0.5) is 0 Å². The summed E-state index contributed by atoms with van der Waals surface area (Å²) < 4.78 is 0. The van der Waals surface area contributed by atoms with Crippen LogP contribution in [-0.2, 0) is 0 Å². The highest BCUT2D eigenvalue weighted by Crippen LogP contribution is 1.91. The van der Waals surface area contributed by atoms with Crippen LogP contribution in [0.5, 0.6) is 0 Å². The minimum Gasteiger partial charge on any atom is -0.182 e. The van der Waals surface area contributed by atoms with E-state index >= 15 is 0 Å². The lowest BCUT2D eigenvalue weighted by Crippen LogP contribution is -1.66. The molecule has 0 atom stereocenters. The molecule has 0 heterocycles. The molecule has 2 nitrogen and oxygen atoms in total. The summed E-state index contributed by atoms with van der Waals surface area (Å²) in [6.07, 6.45) is 8.73. The monoisotopic (exact) mass is 134 g/mol. The third-order valence-electron chi connectivity index (χ3n) is 1.03. The van der Waals surface area contributed by atoms with E-state index in [-0.39, 0.29) is 0 Å². The molecular formula is C8H10N2. The van der Waals surface area contributed by atoms with Crippen LogP contribution in [0, 0.1) is 11.5 Å². The zero-order valence-corrected chi connectivity index (χ0v) is 6.20. The first kappa shape index (κ1) is 8.64. The fraction of sp³-hybridized carbons (Fsp3) is 0.250. The van der Waals surface area contributed by atoms with E-state index in [1.54, 1.807) is 12.3 Å². The summed E-state index contributed by atoms with van der Waals surface area (Å²) >= 11 is 0. The van der Waals surface area contributed by atoms with E-state index in [1.807, 2.05) is 26.0 Å². The van der Waals surface area contributed by atoms with Crippen LogP contribution < -0.4 is 0 Å². The Morgan fingerprint density at radius 2 is 2.30 bits per heavy atom. The average molecular weight is 134 g/mol. The van der Waals surface area contributed by atoms with Crippen molar-refractivity contribution in [2.24, 2.45) is 4.99 Å². The van der Waals surface area contributed by atoms with Gasteiger partial charge in [-0.1, -0.05) is 17.7 Å². The van der Waals surface area contributed by atoms with Crippen LogP contribution in [0.25, 0.3) is 0 Å². The minimum absolute atomic E-state index is 1.16. The van der Waals surface area contributed by atoms with E-state index in [4.69, 9.17) is 5.26 Å². The molecule has 0 spiro atoms. The van der Waals surface area contributed by atoms with Gasteiger partial charge in [-0.3, -0.25) is 0 Å². The highest BCUT2D eigenvalue weighted by Gasteiger charge is 1.72. The van der Waals surface area contributed by atoms with Crippen LogP contribution in [0.15, 0.2) is 28.8 Å². The van der Waals surface area contributed by atoms with Gasteiger partial charge in [0.25, 0.3) is 0 Å². The molecule has 0 aromatic carbocycles. The molecule has 0 fully saturated rings. The fourth-order valence-corrected chi connectivity index (χ4v) is 0.367. The van der Waals surface area contributed by atoms with Gasteiger partial charge >= 0.3 is 0 Å². The minimum atomic E-state index is 1.16. The Morgan fingerprint density at radius 1 is 1.60 bits per heavy atom. The van der Waals surface area contributed by atoms with Crippen molar-refractivity contribution in [3.05, 3.63) is 23.8 Å². The number of hydrogen-bond acceptors (Lipinski definition) is 2. The smallest absolute Gasteiger partial charge is 0.182 e. The largest absolute Gasteiger partial charge is 0.205 e. The Bertz CT molecular complexity index is 204. The van der Waals surface area contributed by atoms with Gasteiger partial charge in [0.15, 0.2) is 0 Å². The lowest BCUT2D eigenvalue weighted by Gasteiger charge is -1.82. The second-order valence-electron chi connectivity index (χ2n) is 1.77. The van der Waals surface area contributed by atoms with Crippen molar-refractivity contribution in [2.45, 2.75) is 13.8 Å². The Labute approximate surface area is 61.2 Å². The molecule has 10 heavy (non-hydrogen) atoms. The Balaban J connectivity index is 3.80. The summed E-state index contributed by atoms with van der Waals surface area (Å²) in [5, 5.41) is 7.99. The summed E-state index contributed by atoms with van der Waals surface area (Å²) in [7, 11) is 0. The van der Waals surface area contributed by atoms with Crippen LogP contribution in [-0.4, -0.2) is 6.21 Å². The first-order valence-electron chi connectivity index (χ1n) is 3.03. The normalized spacial score (nSPS) is 12.7. The van der Waals surface area contributed by atoms with Gasteiger partial charge in [-0.2, -0.15) is 10.3 Å². The van der Waals surface area contributed by atoms with Crippen molar-refractivity contribution in [1.82, 2.24) is 0 Å². The third-order valence-corrected chi connectivity index (χ3v) is 1.03. The first-order chi connectivity index (χ1) is 4.81. The van der Waals surface area contributed by atoms with Crippen LogP contribution in [0.2, 0.25) is 0 Å². The highest BCUT2D eigenvalue weighted by molar-refractivity contribution is 5.72. The molecule has 2 heteroatoms.